The standard InChI is InChI=1S/C11H22N2O/c1-8(2)10(4)11(14)13-6-5-12-9(3)7-13/h8-10,12H,5-7H2,1-4H3. The van der Waals surface area contributed by atoms with E-state index >= 15 is 0 Å². The van der Waals surface area contributed by atoms with Gasteiger partial charge in [0.2, 0.25) is 5.91 Å². The molecule has 0 aromatic heterocycles. The summed E-state index contributed by atoms with van der Waals surface area (Å²) in [4.78, 5) is 14.0. The van der Waals surface area contributed by atoms with Crippen LogP contribution in [0.3, 0.4) is 0 Å². The molecule has 2 unspecified atom stereocenters. The number of carbonyl (C=O) groups is 1. The van der Waals surface area contributed by atoms with Gasteiger partial charge in [0.1, 0.15) is 0 Å². The first-order chi connectivity index (χ1) is 6.52. The summed E-state index contributed by atoms with van der Waals surface area (Å²) in [5.41, 5.74) is 0. The average Bonchev–Trinajstić information content (AvgIpc) is 2.15. The molecule has 3 nitrogen and oxygen atoms in total. The van der Waals surface area contributed by atoms with Crippen LogP contribution in [0.4, 0.5) is 0 Å². The molecule has 1 amide bonds. The van der Waals surface area contributed by atoms with E-state index in [0.717, 1.165) is 19.6 Å². The van der Waals surface area contributed by atoms with Crippen molar-refractivity contribution in [2.45, 2.75) is 33.7 Å². The van der Waals surface area contributed by atoms with E-state index in [9.17, 15) is 4.79 Å². The summed E-state index contributed by atoms with van der Waals surface area (Å²) in [6, 6.07) is 0.437. The van der Waals surface area contributed by atoms with Crippen molar-refractivity contribution in [3.8, 4) is 0 Å². The fourth-order valence-electron chi connectivity index (χ4n) is 1.71. The van der Waals surface area contributed by atoms with Crippen LogP contribution in [-0.2, 0) is 4.79 Å². The van der Waals surface area contributed by atoms with Gasteiger partial charge < -0.3 is 10.2 Å². The van der Waals surface area contributed by atoms with E-state index in [2.05, 4.69) is 26.1 Å². The predicted molar refractivity (Wildman–Crippen MR) is 58.0 cm³/mol. The van der Waals surface area contributed by atoms with Crippen LogP contribution in [0.5, 0.6) is 0 Å². The van der Waals surface area contributed by atoms with E-state index < -0.39 is 0 Å². The molecule has 0 bridgehead atoms. The molecule has 1 saturated heterocycles. The maximum atomic E-state index is 12.0. The summed E-state index contributed by atoms with van der Waals surface area (Å²) in [5, 5.41) is 3.34. The Hall–Kier alpha value is -0.570. The van der Waals surface area contributed by atoms with E-state index in [4.69, 9.17) is 0 Å². The molecular formula is C11H22N2O. The quantitative estimate of drug-likeness (QED) is 0.720. The van der Waals surface area contributed by atoms with Crippen molar-refractivity contribution in [2.75, 3.05) is 19.6 Å². The van der Waals surface area contributed by atoms with Crippen LogP contribution in [0.1, 0.15) is 27.7 Å². The van der Waals surface area contributed by atoms with Gasteiger partial charge in [-0.25, -0.2) is 0 Å². The van der Waals surface area contributed by atoms with E-state index in [1.165, 1.54) is 0 Å². The SMILES string of the molecule is CC1CN(C(=O)C(C)C(C)C)CCN1. The number of nitrogens with zero attached hydrogens (tertiary/aromatic N) is 1. The Morgan fingerprint density at radius 3 is 2.57 bits per heavy atom. The summed E-state index contributed by atoms with van der Waals surface area (Å²) < 4.78 is 0. The molecule has 0 radical (unpaired) electrons. The number of hydrogen-bond donors (Lipinski definition) is 1. The third-order valence-corrected chi connectivity index (χ3v) is 3.07. The molecule has 1 aliphatic heterocycles. The van der Waals surface area contributed by atoms with Gasteiger partial charge in [0, 0.05) is 31.6 Å². The Morgan fingerprint density at radius 2 is 2.07 bits per heavy atom. The number of carbonyl (C=O) groups excluding carboxylic acids is 1. The lowest BCUT2D eigenvalue weighted by molar-refractivity contribution is -0.137. The largest absolute Gasteiger partial charge is 0.340 e. The Balaban J connectivity index is 2.51. The van der Waals surface area contributed by atoms with Crippen LogP contribution in [-0.4, -0.2) is 36.5 Å². The van der Waals surface area contributed by atoms with E-state index in [1.807, 2.05) is 11.8 Å². The van der Waals surface area contributed by atoms with Gasteiger partial charge in [-0.05, 0) is 12.8 Å². The van der Waals surface area contributed by atoms with Gasteiger partial charge in [0.25, 0.3) is 0 Å². The fraction of sp³-hybridized carbons (Fsp3) is 0.909. The third-order valence-electron chi connectivity index (χ3n) is 3.07. The summed E-state index contributed by atoms with van der Waals surface area (Å²) in [6.45, 7) is 11.0. The molecule has 1 rings (SSSR count). The summed E-state index contributed by atoms with van der Waals surface area (Å²) >= 11 is 0. The zero-order valence-electron chi connectivity index (χ0n) is 9.71. The zero-order valence-corrected chi connectivity index (χ0v) is 9.71. The van der Waals surface area contributed by atoms with Gasteiger partial charge in [0.05, 0.1) is 0 Å². The average molecular weight is 198 g/mol. The van der Waals surface area contributed by atoms with Crippen molar-refractivity contribution in [1.29, 1.82) is 0 Å². The van der Waals surface area contributed by atoms with Crippen molar-refractivity contribution in [2.24, 2.45) is 11.8 Å². The van der Waals surface area contributed by atoms with Crippen molar-refractivity contribution >= 4 is 5.91 Å². The molecule has 0 aromatic carbocycles. The van der Waals surface area contributed by atoms with Crippen LogP contribution in [0, 0.1) is 11.8 Å². The first-order valence-electron chi connectivity index (χ1n) is 5.54. The van der Waals surface area contributed by atoms with Gasteiger partial charge >= 0.3 is 0 Å². The molecular weight excluding hydrogens is 176 g/mol. The van der Waals surface area contributed by atoms with Crippen LogP contribution in [0.25, 0.3) is 0 Å². The van der Waals surface area contributed by atoms with Gasteiger partial charge in [-0.2, -0.15) is 0 Å². The fourth-order valence-corrected chi connectivity index (χ4v) is 1.71. The lowest BCUT2D eigenvalue weighted by Crippen LogP contribution is -2.52. The van der Waals surface area contributed by atoms with Crippen molar-refractivity contribution in [3.63, 3.8) is 0 Å². The first kappa shape index (κ1) is 11.5. The normalized spacial score (nSPS) is 25.2. The summed E-state index contributed by atoms with van der Waals surface area (Å²) in [6.07, 6.45) is 0. The number of hydrogen-bond acceptors (Lipinski definition) is 2. The summed E-state index contributed by atoms with van der Waals surface area (Å²) in [7, 11) is 0. The lowest BCUT2D eigenvalue weighted by Gasteiger charge is -2.34. The molecule has 0 aromatic rings. The van der Waals surface area contributed by atoms with Gasteiger partial charge in [-0.1, -0.05) is 20.8 Å². The molecule has 2 atom stereocenters. The number of rotatable bonds is 2. The van der Waals surface area contributed by atoms with Gasteiger partial charge in [-0.3, -0.25) is 4.79 Å². The Kier molecular flexibility index (Phi) is 3.93. The van der Waals surface area contributed by atoms with E-state index in [-0.39, 0.29) is 5.92 Å². The molecule has 14 heavy (non-hydrogen) atoms. The molecule has 1 heterocycles. The van der Waals surface area contributed by atoms with Gasteiger partial charge in [-0.15, -0.1) is 0 Å². The van der Waals surface area contributed by atoms with Crippen molar-refractivity contribution in [3.05, 3.63) is 0 Å². The second kappa shape index (κ2) is 4.78. The maximum absolute atomic E-state index is 12.0. The lowest BCUT2D eigenvalue weighted by atomic mass is 9.96. The Labute approximate surface area is 86.9 Å². The molecule has 82 valence electrons. The molecule has 1 aliphatic rings. The molecule has 0 spiro atoms. The minimum Gasteiger partial charge on any atom is -0.340 e. The molecule has 3 heteroatoms. The Bertz CT molecular complexity index is 203. The Morgan fingerprint density at radius 1 is 1.43 bits per heavy atom. The highest BCUT2D eigenvalue weighted by Crippen LogP contribution is 2.14. The highest BCUT2D eigenvalue weighted by atomic mass is 16.2. The smallest absolute Gasteiger partial charge is 0.225 e. The first-order valence-corrected chi connectivity index (χ1v) is 5.54. The third kappa shape index (κ3) is 2.71. The second-order valence-electron chi connectivity index (χ2n) is 4.67. The monoisotopic (exact) mass is 198 g/mol. The van der Waals surface area contributed by atoms with Crippen molar-refractivity contribution in [1.82, 2.24) is 10.2 Å². The van der Waals surface area contributed by atoms with E-state index in [1.54, 1.807) is 0 Å². The highest BCUT2D eigenvalue weighted by molar-refractivity contribution is 5.78. The van der Waals surface area contributed by atoms with Crippen LogP contribution < -0.4 is 5.32 Å². The molecule has 0 saturated carbocycles. The topological polar surface area (TPSA) is 32.3 Å². The zero-order chi connectivity index (χ0) is 10.7. The van der Waals surface area contributed by atoms with Crippen molar-refractivity contribution < 1.29 is 4.79 Å². The minimum absolute atomic E-state index is 0.153. The molecule has 1 fully saturated rings. The summed E-state index contributed by atoms with van der Waals surface area (Å²) in [5.74, 6) is 0.904. The molecule has 1 N–H and O–H groups in total. The number of amides is 1. The number of nitrogens with one attached hydrogen (secondary N) is 1. The van der Waals surface area contributed by atoms with Crippen LogP contribution in [0.15, 0.2) is 0 Å². The minimum atomic E-state index is 0.153. The second-order valence-corrected chi connectivity index (χ2v) is 4.67. The van der Waals surface area contributed by atoms with E-state index in [0.29, 0.717) is 17.9 Å². The molecule has 0 aliphatic carbocycles. The highest BCUT2D eigenvalue weighted by Gasteiger charge is 2.25. The van der Waals surface area contributed by atoms with Crippen LogP contribution >= 0.6 is 0 Å². The van der Waals surface area contributed by atoms with Gasteiger partial charge in [0.15, 0.2) is 0 Å². The van der Waals surface area contributed by atoms with Crippen LogP contribution in [0.2, 0.25) is 0 Å². The maximum Gasteiger partial charge on any atom is 0.225 e. The predicted octanol–water partition coefficient (Wildman–Crippen LogP) is 1.10. The number of piperazine rings is 1.